The van der Waals surface area contributed by atoms with Crippen molar-refractivity contribution in [1.82, 2.24) is 0 Å². The molecule has 0 heterocycles. The number of ketones is 1. The van der Waals surface area contributed by atoms with Crippen LogP contribution in [-0.4, -0.2) is 44.7 Å². The van der Waals surface area contributed by atoms with E-state index in [2.05, 4.69) is 5.32 Å². The van der Waals surface area contributed by atoms with Crippen LogP contribution in [0.25, 0.3) is 0 Å². The molecule has 0 fully saturated rings. The molecular formula is C13H17NO6S. The van der Waals surface area contributed by atoms with Gasteiger partial charge in [-0.05, 0) is 25.1 Å². The molecule has 1 aromatic rings. The number of methoxy groups -OCH3 is 1. The first-order valence-electron chi connectivity index (χ1n) is 6.11. The quantitative estimate of drug-likeness (QED) is 0.704. The van der Waals surface area contributed by atoms with Crippen LogP contribution in [0, 0.1) is 0 Å². The van der Waals surface area contributed by atoms with Gasteiger partial charge >= 0.3 is 0 Å². The molecule has 0 saturated heterocycles. The lowest BCUT2D eigenvalue weighted by Crippen LogP contribution is -2.16. The van der Waals surface area contributed by atoms with Gasteiger partial charge in [0.15, 0.2) is 9.84 Å². The average molecular weight is 315 g/mol. The highest BCUT2D eigenvalue weighted by molar-refractivity contribution is 7.91. The predicted molar refractivity (Wildman–Crippen MR) is 76.1 cm³/mol. The number of sulfone groups is 1. The third-order valence-corrected chi connectivity index (χ3v) is 4.26. The van der Waals surface area contributed by atoms with E-state index < -0.39 is 28.1 Å². The number of benzene rings is 1. The van der Waals surface area contributed by atoms with Gasteiger partial charge in [-0.3, -0.25) is 9.59 Å². The maximum absolute atomic E-state index is 12.0. The zero-order valence-electron chi connectivity index (χ0n) is 11.8. The first-order chi connectivity index (χ1) is 9.80. The maximum Gasteiger partial charge on any atom is 0.231 e. The topological polar surface area (TPSA) is 110 Å². The molecule has 0 radical (unpaired) electrons. The minimum absolute atomic E-state index is 0.119. The van der Waals surface area contributed by atoms with E-state index >= 15 is 0 Å². The number of carbonyl (C=O) groups excluding carboxylic acids is 2. The lowest BCUT2D eigenvalue weighted by Gasteiger charge is -2.11. The number of anilines is 1. The monoisotopic (exact) mass is 315 g/mol. The summed E-state index contributed by atoms with van der Waals surface area (Å²) in [5.74, 6) is -1.16. The molecule has 1 aromatic carbocycles. The minimum Gasteiger partial charge on any atom is -0.495 e. The molecule has 8 heteroatoms. The Morgan fingerprint density at radius 2 is 2.00 bits per heavy atom. The van der Waals surface area contributed by atoms with Gasteiger partial charge in [0.25, 0.3) is 0 Å². The van der Waals surface area contributed by atoms with Crippen LogP contribution < -0.4 is 10.1 Å². The highest BCUT2D eigenvalue weighted by atomic mass is 32.2. The van der Waals surface area contributed by atoms with Crippen molar-refractivity contribution >= 4 is 27.2 Å². The first kappa shape index (κ1) is 17.1. The summed E-state index contributed by atoms with van der Waals surface area (Å²) in [6.07, 6.45) is -0.287. The highest BCUT2D eigenvalue weighted by Gasteiger charge is 2.20. The molecule has 0 aliphatic heterocycles. The van der Waals surface area contributed by atoms with Crippen LogP contribution in [0.3, 0.4) is 0 Å². The van der Waals surface area contributed by atoms with E-state index in [9.17, 15) is 18.0 Å². The van der Waals surface area contributed by atoms with E-state index in [-0.39, 0.29) is 28.5 Å². The van der Waals surface area contributed by atoms with Crippen molar-refractivity contribution in [2.45, 2.75) is 18.2 Å². The van der Waals surface area contributed by atoms with Gasteiger partial charge < -0.3 is 15.2 Å². The van der Waals surface area contributed by atoms with Gasteiger partial charge in [-0.25, -0.2) is 8.42 Å². The number of aliphatic hydroxyl groups excluding tert-OH is 1. The van der Waals surface area contributed by atoms with Crippen LogP contribution in [-0.2, 0) is 19.4 Å². The lowest BCUT2D eigenvalue weighted by atomic mass is 10.2. The van der Waals surface area contributed by atoms with Crippen molar-refractivity contribution < 1.29 is 27.9 Å². The Morgan fingerprint density at radius 3 is 2.52 bits per heavy atom. The summed E-state index contributed by atoms with van der Waals surface area (Å²) in [5.41, 5.74) is 0.235. The molecule has 0 atom stereocenters. The molecule has 116 valence electrons. The van der Waals surface area contributed by atoms with Gasteiger partial charge in [0.05, 0.1) is 25.9 Å². The lowest BCUT2D eigenvalue weighted by molar-refractivity contribution is -0.124. The molecule has 0 saturated carbocycles. The Bertz CT molecular complexity index is 638. The minimum atomic E-state index is -3.73. The normalized spacial score (nSPS) is 11.0. The fourth-order valence-electron chi connectivity index (χ4n) is 1.66. The maximum atomic E-state index is 12.0. The number of amides is 1. The number of nitrogens with one attached hydrogen (secondary N) is 1. The number of ether oxygens (including phenoxy) is 1. The van der Waals surface area contributed by atoms with Crippen molar-refractivity contribution in [3.05, 3.63) is 18.2 Å². The van der Waals surface area contributed by atoms with Gasteiger partial charge in [-0.15, -0.1) is 0 Å². The highest BCUT2D eigenvalue weighted by Crippen LogP contribution is 2.28. The number of rotatable bonds is 7. The van der Waals surface area contributed by atoms with E-state index in [1.807, 2.05) is 0 Å². The molecule has 1 amide bonds. The second kappa shape index (κ2) is 7.19. The average Bonchev–Trinajstić information content (AvgIpc) is 2.37. The smallest absolute Gasteiger partial charge is 0.231 e. The Hall–Kier alpha value is -1.93. The van der Waals surface area contributed by atoms with E-state index in [0.29, 0.717) is 0 Å². The summed E-state index contributed by atoms with van der Waals surface area (Å²) >= 11 is 0. The van der Waals surface area contributed by atoms with E-state index in [4.69, 9.17) is 9.84 Å². The summed E-state index contributed by atoms with van der Waals surface area (Å²) in [7, 11) is -2.41. The molecule has 0 aliphatic carbocycles. The molecule has 0 unspecified atom stereocenters. The largest absolute Gasteiger partial charge is 0.495 e. The molecule has 0 aliphatic rings. The second-order valence-electron chi connectivity index (χ2n) is 4.34. The molecule has 21 heavy (non-hydrogen) atoms. The van der Waals surface area contributed by atoms with Gasteiger partial charge in [-0.1, -0.05) is 0 Å². The third kappa shape index (κ3) is 4.83. The van der Waals surface area contributed by atoms with Crippen molar-refractivity contribution in [1.29, 1.82) is 0 Å². The van der Waals surface area contributed by atoms with Crippen LogP contribution in [0.2, 0.25) is 0 Å². The number of aliphatic hydroxyl groups is 1. The van der Waals surface area contributed by atoms with Gasteiger partial charge in [0.1, 0.15) is 16.4 Å². The molecule has 0 spiro atoms. The Morgan fingerprint density at radius 1 is 1.33 bits per heavy atom. The van der Waals surface area contributed by atoms with Crippen LogP contribution in [0.15, 0.2) is 23.1 Å². The number of hydrogen-bond donors (Lipinski definition) is 2. The molecule has 0 aromatic heterocycles. The van der Waals surface area contributed by atoms with Crippen LogP contribution >= 0.6 is 0 Å². The standard InChI is InChI=1S/C13H17NO6S/c1-9(16)7-13(17)14-10-3-4-11(20-2)12(8-10)21(18,19)6-5-15/h3-4,8,15H,5-7H2,1-2H3,(H,14,17). The summed E-state index contributed by atoms with van der Waals surface area (Å²) < 4.78 is 29.0. The van der Waals surface area contributed by atoms with Crippen molar-refractivity contribution in [2.24, 2.45) is 0 Å². The zero-order chi connectivity index (χ0) is 16.0. The molecule has 2 N–H and O–H groups in total. The summed E-state index contributed by atoms with van der Waals surface area (Å²) in [4.78, 5) is 22.2. The van der Waals surface area contributed by atoms with Gasteiger partial charge in [-0.2, -0.15) is 0 Å². The zero-order valence-corrected chi connectivity index (χ0v) is 12.6. The van der Waals surface area contributed by atoms with Crippen molar-refractivity contribution in [2.75, 3.05) is 24.8 Å². The Balaban J connectivity index is 3.11. The van der Waals surface area contributed by atoms with Crippen LogP contribution in [0.5, 0.6) is 5.75 Å². The SMILES string of the molecule is COc1ccc(NC(=O)CC(C)=O)cc1S(=O)(=O)CCO. The number of Topliss-reactive ketones (excluding diaryl/α,β-unsaturated/α-hetero) is 1. The predicted octanol–water partition coefficient (Wildman–Crippen LogP) is 0.379. The van der Waals surface area contributed by atoms with E-state index in [1.165, 1.54) is 32.2 Å². The third-order valence-electron chi connectivity index (χ3n) is 2.55. The molecular weight excluding hydrogens is 298 g/mol. The number of carbonyl (C=O) groups is 2. The van der Waals surface area contributed by atoms with Crippen LogP contribution in [0.4, 0.5) is 5.69 Å². The first-order valence-corrected chi connectivity index (χ1v) is 7.76. The molecule has 1 rings (SSSR count). The fourth-order valence-corrected chi connectivity index (χ4v) is 2.88. The van der Waals surface area contributed by atoms with Crippen LogP contribution in [0.1, 0.15) is 13.3 Å². The summed E-state index contributed by atoms with van der Waals surface area (Å²) in [5, 5.41) is 11.3. The Labute approximate surface area is 122 Å². The second-order valence-corrected chi connectivity index (χ2v) is 6.41. The fraction of sp³-hybridized carbons (Fsp3) is 0.385. The summed E-state index contributed by atoms with van der Waals surface area (Å²) in [6.45, 7) is 0.761. The van der Waals surface area contributed by atoms with Crippen molar-refractivity contribution in [3.63, 3.8) is 0 Å². The molecule has 7 nitrogen and oxygen atoms in total. The van der Waals surface area contributed by atoms with Gasteiger partial charge in [0, 0.05) is 5.69 Å². The number of hydrogen-bond acceptors (Lipinski definition) is 6. The van der Waals surface area contributed by atoms with Gasteiger partial charge in [0.2, 0.25) is 5.91 Å². The summed E-state index contributed by atoms with van der Waals surface area (Å²) in [6, 6.07) is 4.10. The Kier molecular flexibility index (Phi) is 5.86. The van der Waals surface area contributed by atoms with E-state index in [0.717, 1.165) is 0 Å². The molecule has 0 bridgehead atoms. The van der Waals surface area contributed by atoms with Crippen molar-refractivity contribution in [3.8, 4) is 5.75 Å². The van der Waals surface area contributed by atoms with E-state index in [1.54, 1.807) is 0 Å².